The molecule has 4 aromatic rings. The molecule has 0 radical (unpaired) electrons. The van der Waals surface area contributed by atoms with Crippen LogP contribution in [0.5, 0.6) is 0 Å². The van der Waals surface area contributed by atoms with Crippen LogP contribution in [0.3, 0.4) is 0 Å². The Balaban J connectivity index is 2.05. The normalized spacial score (nSPS) is 11.7. The zero-order valence-electron chi connectivity index (χ0n) is 20.7. The van der Waals surface area contributed by atoms with E-state index >= 15 is 0 Å². The van der Waals surface area contributed by atoms with Crippen LogP contribution in [0, 0.1) is 11.7 Å². The van der Waals surface area contributed by atoms with Crippen molar-refractivity contribution in [2.75, 3.05) is 24.2 Å². The van der Waals surface area contributed by atoms with Crippen molar-refractivity contribution in [1.29, 1.82) is 0 Å². The number of sulfonamides is 1. The minimum atomic E-state index is -3.62. The first-order valence-electron chi connectivity index (χ1n) is 11.7. The van der Waals surface area contributed by atoms with Gasteiger partial charge in [-0.3, -0.25) is 9.10 Å². The summed E-state index contributed by atoms with van der Waals surface area (Å²) in [6.07, 6.45) is 1.86. The van der Waals surface area contributed by atoms with Crippen molar-refractivity contribution in [3.63, 3.8) is 0 Å². The molecule has 36 heavy (non-hydrogen) atoms. The standard InChI is InChI=1S/C28H29FN2O4S/c1-18(2)14-15-31(36(4,33)34)24-17-25-23(16-22(24)19-8-6-5-7-9-19)26(28(32)30-3)27(35-25)20-10-12-21(29)13-11-20/h5-13,16-18H,14-15H2,1-4H3,(H,30,32). The fourth-order valence-corrected chi connectivity index (χ4v) is 5.13. The highest BCUT2D eigenvalue weighted by atomic mass is 32.2. The molecule has 0 fully saturated rings. The highest BCUT2D eigenvalue weighted by Gasteiger charge is 2.27. The lowest BCUT2D eigenvalue weighted by Gasteiger charge is -2.26. The minimum absolute atomic E-state index is 0.286. The third-order valence-corrected chi connectivity index (χ3v) is 7.21. The first-order valence-corrected chi connectivity index (χ1v) is 13.6. The Morgan fingerprint density at radius 2 is 1.69 bits per heavy atom. The van der Waals surface area contributed by atoms with Crippen LogP contribution in [-0.2, 0) is 10.0 Å². The van der Waals surface area contributed by atoms with E-state index in [0.29, 0.717) is 52.2 Å². The summed E-state index contributed by atoms with van der Waals surface area (Å²) >= 11 is 0. The molecule has 1 amide bonds. The Hall–Kier alpha value is -3.65. The largest absolute Gasteiger partial charge is 0.455 e. The number of hydrogen-bond acceptors (Lipinski definition) is 4. The molecule has 0 saturated carbocycles. The van der Waals surface area contributed by atoms with Crippen LogP contribution in [0.1, 0.15) is 30.6 Å². The molecule has 0 saturated heterocycles. The summed E-state index contributed by atoms with van der Waals surface area (Å²) in [4.78, 5) is 13.0. The summed E-state index contributed by atoms with van der Waals surface area (Å²) in [5.74, 6) is -0.182. The number of hydrogen-bond donors (Lipinski definition) is 1. The SMILES string of the molecule is CNC(=O)c1c(-c2ccc(F)cc2)oc2cc(N(CCC(C)C)S(C)(=O)=O)c(-c3ccccc3)cc12. The number of furan rings is 1. The molecule has 0 atom stereocenters. The van der Waals surface area contributed by atoms with Crippen LogP contribution in [0.25, 0.3) is 33.4 Å². The molecule has 188 valence electrons. The molecule has 0 bridgehead atoms. The van der Waals surface area contributed by atoms with Gasteiger partial charge in [0.15, 0.2) is 0 Å². The number of nitrogens with zero attached hydrogens (tertiary/aromatic N) is 1. The molecule has 1 aromatic heterocycles. The van der Waals surface area contributed by atoms with Crippen LogP contribution in [0.15, 0.2) is 71.1 Å². The molecule has 0 aliphatic heterocycles. The fourth-order valence-electron chi connectivity index (χ4n) is 4.18. The van der Waals surface area contributed by atoms with E-state index in [1.165, 1.54) is 29.7 Å². The number of anilines is 1. The average molecular weight is 509 g/mol. The van der Waals surface area contributed by atoms with Crippen molar-refractivity contribution in [3.8, 4) is 22.5 Å². The number of rotatable bonds is 8. The highest BCUT2D eigenvalue weighted by molar-refractivity contribution is 7.92. The Morgan fingerprint density at radius 1 is 1.03 bits per heavy atom. The molecule has 6 nitrogen and oxygen atoms in total. The quantitative estimate of drug-likeness (QED) is 0.313. The van der Waals surface area contributed by atoms with Gasteiger partial charge in [-0.25, -0.2) is 12.8 Å². The lowest BCUT2D eigenvalue weighted by Crippen LogP contribution is -2.32. The van der Waals surface area contributed by atoms with Crippen molar-refractivity contribution in [2.24, 2.45) is 5.92 Å². The molecule has 4 rings (SSSR count). The van der Waals surface area contributed by atoms with Crippen molar-refractivity contribution in [2.45, 2.75) is 20.3 Å². The smallest absolute Gasteiger partial charge is 0.255 e. The molecule has 1 N–H and O–H groups in total. The van der Waals surface area contributed by atoms with Gasteiger partial charge in [-0.1, -0.05) is 44.2 Å². The lowest BCUT2D eigenvalue weighted by atomic mass is 9.98. The Morgan fingerprint density at radius 3 is 2.28 bits per heavy atom. The lowest BCUT2D eigenvalue weighted by molar-refractivity contribution is 0.0964. The minimum Gasteiger partial charge on any atom is -0.455 e. The van der Waals surface area contributed by atoms with Crippen LogP contribution >= 0.6 is 0 Å². The van der Waals surface area contributed by atoms with E-state index in [0.717, 1.165) is 5.56 Å². The van der Waals surface area contributed by atoms with Crippen molar-refractivity contribution >= 4 is 32.6 Å². The highest BCUT2D eigenvalue weighted by Crippen LogP contribution is 2.41. The maximum Gasteiger partial charge on any atom is 0.255 e. The number of carbonyl (C=O) groups excluding carboxylic acids is 1. The molecule has 1 heterocycles. The summed E-state index contributed by atoms with van der Waals surface area (Å²) in [5.41, 5.74) is 3.14. The molecule has 0 unspecified atom stereocenters. The van der Waals surface area contributed by atoms with E-state index in [1.807, 2.05) is 44.2 Å². The van der Waals surface area contributed by atoms with E-state index < -0.39 is 15.8 Å². The van der Waals surface area contributed by atoms with Gasteiger partial charge in [-0.05, 0) is 48.2 Å². The maximum atomic E-state index is 13.6. The van der Waals surface area contributed by atoms with Gasteiger partial charge in [-0.2, -0.15) is 0 Å². The van der Waals surface area contributed by atoms with Crippen LogP contribution in [0.4, 0.5) is 10.1 Å². The summed E-state index contributed by atoms with van der Waals surface area (Å²) in [7, 11) is -2.10. The predicted molar refractivity (Wildman–Crippen MR) is 142 cm³/mol. The monoisotopic (exact) mass is 508 g/mol. The maximum absolute atomic E-state index is 13.6. The van der Waals surface area contributed by atoms with E-state index in [1.54, 1.807) is 24.3 Å². The van der Waals surface area contributed by atoms with Gasteiger partial charge >= 0.3 is 0 Å². The zero-order valence-corrected chi connectivity index (χ0v) is 21.5. The van der Waals surface area contributed by atoms with Crippen LogP contribution in [0.2, 0.25) is 0 Å². The van der Waals surface area contributed by atoms with Gasteiger partial charge in [-0.15, -0.1) is 0 Å². The number of fused-ring (bicyclic) bond motifs is 1. The molecule has 0 aliphatic carbocycles. The van der Waals surface area contributed by atoms with Crippen molar-refractivity contribution in [1.82, 2.24) is 5.32 Å². The summed E-state index contributed by atoms with van der Waals surface area (Å²) < 4.78 is 47.0. The third kappa shape index (κ3) is 5.14. The Kier molecular flexibility index (Phi) is 7.17. The zero-order chi connectivity index (χ0) is 26.0. The molecule has 0 spiro atoms. The van der Waals surface area contributed by atoms with Gasteiger partial charge in [0, 0.05) is 36.2 Å². The number of amides is 1. The van der Waals surface area contributed by atoms with Gasteiger partial charge in [0.05, 0.1) is 17.5 Å². The van der Waals surface area contributed by atoms with Gasteiger partial charge in [0.2, 0.25) is 10.0 Å². The number of benzene rings is 3. The summed E-state index contributed by atoms with van der Waals surface area (Å²) in [6, 6.07) is 18.6. The second-order valence-electron chi connectivity index (χ2n) is 9.14. The van der Waals surface area contributed by atoms with Crippen LogP contribution < -0.4 is 9.62 Å². The number of carbonyl (C=O) groups is 1. The van der Waals surface area contributed by atoms with E-state index in [-0.39, 0.29) is 11.7 Å². The van der Waals surface area contributed by atoms with Crippen LogP contribution in [-0.4, -0.2) is 34.2 Å². The summed E-state index contributed by atoms with van der Waals surface area (Å²) in [6.45, 7) is 4.38. The topological polar surface area (TPSA) is 79.6 Å². The fraction of sp³-hybridized carbons (Fsp3) is 0.250. The van der Waals surface area contributed by atoms with E-state index in [9.17, 15) is 17.6 Å². The Labute approximate surface area is 210 Å². The molecular weight excluding hydrogens is 479 g/mol. The molecule has 3 aromatic carbocycles. The average Bonchev–Trinajstić information content (AvgIpc) is 3.21. The van der Waals surface area contributed by atoms with Gasteiger partial charge in [0.25, 0.3) is 5.91 Å². The summed E-state index contributed by atoms with van der Waals surface area (Å²) in [5, 5.41) is 3.19. The number of nitrogens with one attached hydrogen (secondary N) is 1. The predicted octanol–water partition coefficient (Wildman–Crippen LogP) is 6.08. The molecular formula is C28H29FN2O4S. The Bertz CT molecular complexity index is 1490. The second kappa shape index (κ2) is 10.1. The van der Waals surface area contributed by atoms with Crippen molar-refractivity contribution in [3.05, 3.63) is 78.1 Å². The van der Waals surface area contributed by atoms with E-state index in [4.69, 9.17) is 4.42 Å². The first-order chi connectivity index (χ1) is 17.1. The molecule has 8 heteroatoms. The second-order valence-corrected chi connectivity index (χ2v) is 11.0. The first kappa shape index (κ1) is 25.4. The van der Waals surface area contributed by atoms with E-state index in [2.05, 4.69) is 5.32 Å². The molecule has 0 aliphatic rings. The van der Waals surface area contributed by atoms with Gasteiger partial charge in [0.1, 0.15) is 17.2 Å². The van der Waals surface area contributed by atoms with Gasteiger partial charge < -0.3 is 9.73 Å². The number of halogens is 1. The third-order valence-electron chi connectivity index (χ3n) is 6.03. The van der Waals surface area contributed by atoms with Crippen molar-refractivity contribution < 1.29 is 22.0 Å².